The molecule has 3 aliphatic heterocycles. The Balaban J connectivity index is 1.01. The molecule has 3 N–H and O–H groups in total. The molecule has 5 aromatic rings. The van der Waals surface area contributed by atoms with Gasteiger partial charge in [-0.15, -0.1) is 0 Å². The molecule has 3 fully saturated rings. The number of rotatable bonds is 12. The molecule has 0 bridgehead atoms. The van der Waals surface area contributed by atoms with Crippen molar-refractivity contribution in [1.29, 1.82) is 0 Å². The molecule has 0 aliphatic carbocycles. The van der Waals surface area contributed by atoms with E-state index in [2.05, 4.69) is 140 Å². The average molecular weight is 867 g/mol. The SMILES string of the molecule is COC(=O)N[C@H](C(=O)N1CCC[C@H]1c1cc(-c2ccc([C@H]3CC[C@H](c4ccc(-c5cc([C@@H]6CCCN6C(=O)CC(C)C)[nH]n5)cc4)N3c3ccc(C(C)(C)C)cc3)cc2)n[nH]1)C(C)C. The van der Waals surface area contributed by atoms with E-state index in [-0.39, 0.29) is 47.3 Å². The molecule has 0 unspecified atom stereocenters. The van der Waals surface area contributed by atoms with Crippen molar-refractivity contribution < 1.29 is 19.1 Å². The van der Waals surface area contributed by atoms with Crippen molar-refractivity contribution in [3.05, 3.63) is 113 Å². The van der Waals surface area contributed by atoms with Crippen molar-refractivity contribution in [2.24, 2.45) is 11.8 Å². The van der Waals surface area contributed by atoms with E-state index in [9.17, 15) is 14.4 Å². The second kappa shape index (κ2) is 18.7. The van der Waals surface area contributed by atoms with Crippen LogP contribution in [-0.2, 0) is 19.7 Å². The molecule has 3 amide bonds. The van der Waals surface area contributed by atoms with Crippen LogP contribution in [0.5, 0.6) is 0 Å². The highest BCUT2D eigenvalue weighted by atomic mass is 16.5. The second-order valence-electron chi connectivity index (χ2n) is 19.9. The Labute approximate surface area is 378 Å². The Kier molecular flexibility index (Phi) is 13.0. The van der Waals surface area contributed by atoms with Gasteiger partial charge in [0.2, 0.25) is 11.8 Å². The summed E-state index contributed by atoms with van der Waals surface area (Å²) in [6.07, 6.45) is 5.62. The first-order valence-electron chi connectivity index (χ1n) is 23.3. The minimum Gasteiger partial charge on any atom is -0.453 e. The second-order valence-corrected chi connectivity index (χ2v) is 19.9. The third kappa shape index (κ3) is 9.33. The number of hydrogen-bond donors (Lipinski definition) is 3. The lowest BCUT2D eigenvalue weighted by atomic mass is 9.87. The molecular formula is C52H66N8O4. The number of benzene rings is 3. The molecule has 5 atom stereocenters. The lowest BCUT2D eigenvalue weighted by molar-refractivity contribution is -0.135. The Morgan fingerprint density at radius 1 is 0.703 bits per heavy atom. The summed E-state index contributed by atoms with van der Waals surface area (Å²) < 4.78 is 4.81. The fourth-order valence-corrected chi connectivity index (χ4v) is 10.1. The molecule has 0 spiro atoms. The van der Waals surface area contributed by atoms with E-state index in [0.717, 1.165) is 79.0 Å². The van der Waals surface area contributed by atoms with Crippen LogP contribution in [0.4, 0.5) is 10.5 Å². The van der Waals surface area contributed by atoms with Crippen molar-refractivity contribution in [1.82, 2.24) is 35.5 Å². The number of aromatic amines is 2. The molecule has 3 aliphatic rings. The first-order valence-corrected chi connectivity index (χ1v) is 23.3. The molecule has 3 aromatic carbocycles. The quantitative estimate of drug-likeness (QED) is 0.113. The number of likely N-dealkylation sites (tertiary alicyclic amines) is 2. The largest absolute Gasteiger partial charge is 0.453 e. The van der Waals surface area contributed by atoms with Gasteiger partial charge in [0.25, 0.3) is 0 Å². The maximum Gasteiger partial charge on any atom is 0.407 e. The Hall–Kier alpha value is -5.91. The van der Waals surface area contributed by atoms with Crippen LogP contribution >= 0.6 is 0 Å². The number of amides is 3. The summed E-state index contributed by atoms with van der Waals surface area (Å²) in [7, 11) is 1.31. The van der Waals surface area contributed by atoms with Gasteiger partial charge in [0.1, 0.15) is 6.04 Å². The summed E-state index contributed by atoms with van der Waals surface area (Å²) >= 11 is 0. The Bertz CT molecular complexity index is 2390. The molecule has 0 saturated carbocycles. The number of nitrogens with one attached hydrogen (secondary N) is 3. The summed E-state index contributed by atoms with van der Waals surface area (Å²) in [6, 6.07) is 30.6. The standard InChI is InChI=1S/C52H66N8O4/c1-32(2)29-48(61)58-27-9-11-46(58)42-30-40(54-56-42)34-13-17-36(18-14-34)44-25-26-45(60(44)39-23-21-38(22-24-39)52(5,6)7)37-19-15-35(16-20-37)41-31-43(57-55-41)47-12-10-28-59(47)50(62)49(33(3)4)53-51(63)64-8/h13-24,30-33,44-47,49H,9-12,25-29H2,1-8H3,(H,53,63)(H,54,56)(H,55,57)/t44-,45-,46+,47+,49+/m1/s1. The lowest BCUT2D eigenvalue weighted by Crippen LogP contribution is -2.51. The van der Waals surface area contributed by atoms with E-state index in [1.54, 1.807) is 0 Å². The maximum atomic E-state index is 13.7. The fourth-order valence-electron chi connectivity index (χ4n) is 10.1. The van der Waals surface area contributed by atoms with E-state index in [4.69, 9.17) is 14.9 Å². The Morgan fingerprint density at radius 2 is 1.20 bits per heavy atom. The van der Waals surface area contributed by atoms with Gasteiger partial charge in [-0.2, -0.15) is 10.2 Å². The smallest absolute Gasteiger partial charge is 0.407 e. The van der Waals surface area contributed by atoms with Gasteiger partial charge in [-0.05, 0) is 96.7 Å². The number of ether oxygens (including phenoxy) is 1. The molecule has 8 rings (SSSR count). The van der Waals surface area contributed by atoms with Crippen LogP contribution < -0.4 is 10.2 Å². The normalized spacial score (nSPS) is 20.7. The third-order valence-electron chi connectivity index (χ3n) is 13.6. The highest BCUT2D eigenvalue weighted by Crippen LogP contribution is 2.48. The van der Waals surface area contributed by atoms with Gasteiger partial charge < -0.3 is 24.8 Å². The van der Waals surface area contributed by atoms with E-state index in [0.29, 0.717) is 18.9 Å². The molecule has 0 radical (unpaired) electrons. The molecule has 12 nitrogen and oxygen atoms in total. The van der Waals surface area contributed by atoms with Gasteiger partial charge in [0, 0.05) is 36.3 Å². The van der Waals surface area contributed by atoms with E-state index >= 15 is 0 Å². The van der Waals surface area contributed by atoms with Gasteiger partial charge in [-0.1, -0.05) is 109 Å². The zero-order valence-electron chi connectivity index (χ0n) is 38.9. The number of carbonyl (C=O) groups excluding carboxylic acids is 3. The van der Waals surface area contributed by atoms with Crippen LogP contribution in [0.1, 0.15) is 146 Å². The number of aromatic nitrogens is 4. The van der Waals surface area contributed by atoms with Crippen molar-refractivity contribution >= 4 is 23.6 Å². The number of methoxy groups -OCH3 is 1. The number of nitrogens with zero attached hydrogens (tertiary/aromatic N) is 5. The van der Waals surface area contributed by atoms with Crippen LogP contribution in [0.3, 0.4) is 0 Å². The Morgan fingerprint density at radius 3 is 1.67 bits per heavy atom. The van der Waals surface area contributed by atoms with E-state index in [1.165, 1.54) is 29.5 Å². The minimum atomic E-state index is -0.675. The highest BCUT2D eigenvalue weighted by Gasteiger charge is 2.38. The summed E-state index contributed by atoms with van der Waals surface area (Å²) in [4.78, 5) is 45.4. The molecule has 64 heavy (non-hydrogen) atoms. The number of hydrogen-bond acceptors (Lipinski definition) is 7. The topological polar surface area (TPSA) is 140 Å². The fraction of sp³-hybridized carbons (Fsp3) is 0.481. The van der Waals surface area contributed by atoms with Crippen LogP contribution in [0, 0.1) is 11.8 Å². The van der Waals surface area contributed by atoms with Gasteiger partial charge in [0.05, 0.1) is 54.1 Å². The first-order chi connectivity index (χ1) is 30.7. The molecule has 2 aromatic heterocycles. The number of carbonyl (C=O) groups is 3. The summed E-state index contributed by atoms with van der Waals surface area (Å²) in [6.45, 7) is 16.2. The molecule has 3 saturated heterocycles. The zero-order valence-corrected chi connectivity index (χ0v) is 38.9. The van der Waals surface area contributed by atoms with Gasteiger partial charge in [-0.3, -0.25) is 19.8 Å². The van der Waals surface area contributed by atoms with Crippen LogP contribution in [0.2, 0.25) is 0 Å². The van der Waals surface area contributed by atoms with Gasteiger partial charge in [-0.25, -0.2) is 4.79 Å². The van der Waals surface area contributed by atoms with Crippen molar-refractivity contribution in [3.8, 4) is 22.5 Å². The van der Waals surface area contributed by atoms with Crippen LogP contribution in [0.25, 0.3) is 22.5 Å². The molecule has 12 heteroatoms. The molecule has 338 valence electrons. The monoisotopic (exact) mass is 867 g/mol. The minimum absolute atomic E-state index is 0.0493. The lowest BCUT2D eigenvalue weighted by Gasteiger charge is -2.34. The molecule has 5 heterocycles. The predicted molar refractivity (Wildman–Crippen MR) is 251 cm³/mol. The first kappa shape index (κ1) is 44.7. The molecular weight excluding hydrogens is 801 g/mol. The summed E-state index contributed by atoms with van der Waals surface area (Å²) in [5, 5.41) is 18.7. The number of H-pyrrole nitrogens is 2. The van der Waals surface area contributed by atoms with E-state index < -0.39 is 12.1 Å². The van der Waals surface area contributed by atoms with Gasteiger partial charge in [0.15, 0.2) is 0 Å². The summed E-state index contributed by atoms with van der Waals surface area (Å²) in [5.41, 5.74) is 10.8. The number of anilines is 1. The maximum absolute atomic E-state index is 13.7. The van der Waals surface area contributed by atoms with Crippen molar-refractivity contribution in [2.45, 2.75) is 129 Å². The third-order valence-corrected chi connectivity index (χ3v) is 13.6. The highest BCUT2D eigenvalue weighted by molar-refractivity contribution is 5.86. The van der Waals surface area contributed by atoms with E-state index in [1.807, 2.05) is 23.6 Å². The van der Waals surface area contributed by atoms with Crippen molar-refractivity contribution in [3.63, 3.8) is 0 Å². The number of alkyl carbamates (subject to hydrolysis) is 1. The van der Waals surface area contributed by atoms with Crippen molar-refractivity contribution in [2.75, 3.05) is 25.1 Å². The predicted octanol–water partition coefficient (Wildman–Crippen LogP) is 10.6. The average Bonchev–Trinajstić information content (AvgIpc) is 4.14. The van der Waals surface area contributed by atoms with Crippen LogP contribution in [0.15, 0.2) is 84.9 Å². The van der Waals surface area contributed by atoms with Crippen LogP contribution in [-0.4, -0.2) is 74.3 Å². The summed E-state index contributed by atoms with van der Waals surface area (Å²) in [5.74, 6) is 0.355. The zero-order chi connectivity index (χ0) is 45.3. The van der Waals surface area contributed by atoms with Gasteiger partial charge >= 0.3 is 6.09 Å².